The molecule has 0 amide bonds. The van der Waals surface area contributed by atoms with Crippen LogP contribution in [0.4, 0.5) is 0 Å². The van der Waals surface area contributed by atoms with Gasteiger partial charge in [-0.25, -0.2) is 0 Å². The molecule has 6 aromatic rings. The number of fused-ring (bicyclic) bond motifs is 3. The number of aromatic nitrogens is 6. The van der Waals surface area contributed by atoms with E-state index < -0.39 is 0 Å². The van der Waals surface area contributed by atoms with Gasteiger partial charge >= 0.3 is 188 Å². The molecule has 0 aliphatic rings. The second-order valence-corrected chi connectivity index (χ2v) is 10.9. The Kier molecular flexibility index (Phi) is 11.4. The summed E-state index contributed by atoms with van der Waals surface area (Å²) in [5.41, 5.74) is 6.93. The first-order valence-corrected chi connectivity index (χ1v) is 13.4. The van der Waals surface area contributed by atoms with Gasteiger partial charge in [0.2, 0.25) is 0 Å². The van der Waals surface area contributed by atoms with Crippen molar-refractivity contribution >= 4 is 78.0 Å². The molecule has 6 rings (SSSR count). The minimum absolute atomic E-state index is 0. The average molecular weight is 833 g/mol. The number of benzene rings is 3. The Morgan fingerprint density at radius 2 is 0.871 bits per heavy atom. The van der Waals surface area contributed by atoms with E-state index in [1.807, 2.05) is 48.5 Å². The van der Waals surface area contributed by atoms with Crippen LogP contribution in [0.3, 0.4) is 0 Å². The summed E-state index contributed by atoms with van der Waals surface area (Å²) >= 11 is 0.719. The Balaban J connectivity index is 0.000000160. The molecule has 0 fully saturated rings. The van der Waals surface area contributed by atoms with Gasteiger partial charge in [-0.05, 0) is 0 Å². The summed E-state index contributed by atoms with van der Waals surface area (Å²) in [4.78, 5) is 0. The Labute approximate surface area is 233 Å². The van der Waals surface area contributed by atoms with Gasteiger partial charge in [-0.2, -0.15) is 0 Å². The van der Waals surface area contributed by atoms with Gasteiger partial charge in [-0.15, -0.1) is 0 Å². The Morgan fingerprint density at radius 3 is 1.26 bits per heavy atom. The van der Waals surface area contributed by atoms with Crippen molar-refractivity contribution in [2.75, 3.05) is 0 Å². The van der Waals surface area contributed by atoms with Gasteiger partial charge in [-0.3, -0.25) is 0 Å². The molecule has 0 unspecified atom stereocenters. The SMILES string of the molecule is C[n+]1[se]nc2ccccc21.C[n+]1[se]nc2ccccc21.[I-].[I-].c1ccc2n[se]nc2c1. The van der Waals surface area contributed by atoms with Crippen molar-refractivity contribution in [1.29, 1.82) is 0 Å². The molecule has 0 N–H and O–H groups in total. The van der Waals surface area contributed by atoms with E-state index in [1.54, 1.807) is 0 Å². The van der Waals surface area contributed by atoms with Gasteiger partial charge in [0.1, 0.15) is 0 Å². The van der Waals surface area contributed by atoms with E-state index in [-0.39, 0.29) is 62.9 Å². The molecule has 0 aliphatic carbocycles. The van der Waals surface area contributed by atoms with Crippen LogP contribution in [0.15, 0.2) is 72.8 Å². The van der Waals surface area contributed by atoms with Crippen molar-refractivity contribution in [3.05, 3.63) is 72.8 Å². The molecule has 31 heavy (non-hydrogen) atoms. The van der Waals surface area contributed by atoms with Crippen LogP contribution in [0.5, 0.6) is 0 Å². The van der Waals surface area contributed by atoms with E-state index >= 15 is 0 Å². The number of para-hydroxylation sites is 2. The maximum absolute atomic E-state index is 4.37. The summed E-state index contributed by atoms with van der Waals surface area (Å²) in [5.74, 6) is 0. The standard InChI is InChI=1S/2C7H7N2Se.C6H4N2Se.2HI/c2*1-9-7-5-3-2-4-6(7)8-10-9;1-2-4-6-5(3-1)7-9-8-6;;/h2*2-5H,1H3;1-4H;2*1H/q2*+1;;;/p-2. The zero-order chi connectivity index (χ0) is 20.1. The molecule has 6 nitrogen and oxygen atoms in total. The van der Waals surface area contributed by atoms with Crippen molar-refractivity contribution in [3.8, 4) is 0 Å². The predicted molar refractivity (Wildman–Crippen MR) is 116 cm³/mol. The minimum atomic E-state index is 0. The predicted octanol–water partition coefficient (Wildman–Crippen LogP) is -5.07. The molecule has 0 bridgehead atoms. The molecular formula is C20H18I2N6Se3. The molecule has 0 saturated heterocycles. The average Bonchev–Trinajstić information content (AvgIpc) is 3.49. The summed E-state index contributed by atoms with van der Waals surface area (Å²) in [5, 5.41) is 0. The summed E-state index contributed by atoms with van der Waals surface area (Å²) in [6.07, 6.45) is 0. The maximum atomic E-state index is 4.37. The zero-order valence-corrected chi connectivity index (χ0v) is 26.0. The molecule has 0 saturated carbocycles. The van der Waals surface area contributed by atoms with Crippen molar-refractivity contribution in [1.82, 2.24) is 15.9 Å². The van der Waals surface area contributed by atoms with E-state index in [0.717, 1.165) is 22.1 Å². The summed E-state index contributed by atoms with van der Waals surface area (Å²) < 4.78 is 21.5. The molecule has 0 radical (unpaired) electrons. The number of hydrogen-bond donors (Lipinski definition) is 0. The molecule has 11 heteroatoms. The third kappa shape index (κ3) is 6.98. The van der Waals surface area contributed by atoms with E-state index in [4.69, 9.17) is 0 Å². The van der Waals surface area contributed by atoms with Gasteiger partial charge in [0.05, 0.1) is 0 Å². The van der Waals surface area contributed by atoms with Gasteiger partial charge < -0.3 is 48.0 Å². The van der Waals surface area contributed by atoms with Crippen molar-refractivity contribution in [2.24, 2.45) is 14.1 Å². The number of halogens is 2. The quantitative estimate of drug-likeness (QED) is 0.114. The third-order valence-corrected chi connectivity index (χ3v) is 8.31. The Hall–Kier alpha value is -0.522. The number of rotatable bonds is 0. The Bertz CT molecular complexity index is 1260. The van der Waals surface area contributed by atoms with E-state index in [1.165, 1.54) is 11.0 Å². The molecule has 3 aromatic carbocycles. The van der Waals surface area contributed by atoms with Crippen LogP contribution in [-0.2, 0) is 14.1 Å². The molecule has 160 valence electrons. The van der Waals surface area contributed by atoms with Crippen molar-refractivity contribution in [3.63, 3.8) is 0 Å². The van der Waals surface area contributed by atoms with Crippen molar-refractivity contribution in [2.45, 2.75) is 0 Å². The molecular weight excluding hydrogens is 815 g/mol. The van der Waals surface area contributed by atoms with E-state index in [0.29, 0.717) is 29.9 Å². The van der Waals surface area contributed by atoms with Crippen LogP contribution in [0.1, 0.15) is 0 Å². The number of hydrogen-bond acceptors (Lipinski definition) is 4. The molecule has 3 aromatic heterocycles. The molecule has 0 spiro atoms. The molecule has 3 heterocycles. The summed E-state index contributed by atoms with van der Waals surface area (Å²) in [6, 6.07) is 24.4. The van der Waals surface area contributed by atoms with Crippen LogP contribution < -0.4 is 55.1 Å². The first-order chi connectivity index (χ1) is 14.2. The van der Waals surface area contributed by atoms with Crippen LogP contribution in [0.25, 0.3) is 33.1 Å². The summed E-state index contributed by atoms with van der Waals surface area (Å²) in [7, 11) is 4.16. The van der Waals surface area contributed by atoms with Crippen LogP contribution in [0, 0.1) is 0 Å². The van der Waals surface area contributed by atoms with E-state index in [2.05, 4.69) is 61.4 Å². The fourth-order valence-corrected chi connectivity index (χ4v) is 6.29. The normalized spacial score (nSPS) is 9.74. The van der Waals surface area contributed by atoms with Crippen LogP contribution >= 0.6 is 0 Å². The van der Waals surface area contributed by atoms with Crippen molar-refractivity contribution < 1.29 is 55.1 Å². The molecule has 0 atom stereocenters. The first kappa shape index (κ1) is 26.7. The van der Waals surface area contributed by atoms with E-state index in [9.17, 15) is 0 Å². The third-order valence-electron chi connectivity index (χ3n) is 4.13. The second-order valence-electron chi connectivity index (χ2n) is 6.07. The van der Waals surface area contributed by atoms with Crippen LogP contribution in [-0.4, -0.2) is 60.8 Å². The van der Waals surface area contributed by atoms with Crippen LogP contribution in [0.2, 0.25) is 0 Å². The zero-order valence-electron chi connectivity index (χ0n) is 16.6. The fourth-order valence-electron chi connectivity index (χ4n) is 2.64. The monoisotopic (exact) mass is 836 g/mol. The topological polar surface area (TPSA) is 59.3 Å². The van der Waals surface area contributed by atoms with Gasteiger partial charge in [-0.1, -0.05) is 0 Å². The summed E-state index contributed by atoms with van der Waals surface area (Å²) in [6.45, 7) is 0. The first-order valence-electron chi connectivity index (χ1n) is 8.81. The van der Waals surface area contributed by atoms with Gasteiger partial charge in [0, 0.05) is 0 Å². The fraction of sp³-hybridized carbons (Fsp3) is 0.100. The van der Waals surface area contributed by atoms with Gasteiger partial charge in [0.25, 0.3) is 0 Å². The van der Waals surface area contributed by atoms with Gasteiger partial charge in [0.15, 0.2) is 0 Å². The number of aryl methyl sites for hydroxylation is 2. The molecule has 0 aliphatic heterocycles. The number of nitrogens with zero attached hydrogens (tertiary/aromatic N) is 6. The Morgan fingerprint density at radius 1 is 0.516 bits per heavy atom. The second kappa shape index (κ2) is 13.2.